The summed E-state index contributed by atoms with van der Waals surface area (Å²) in [7, 11) is 0. The van der Waals surface area contributed by atoms with Gasteiger partial charge in [0.05, 0.1) is 23.5 Å². The molecule has 0 aliphatic rings. The van der Waals surface area contributed by atoms with E-state index in [1.54, 1.807) is 0 Å². The normalized spacial score (nSPS) is 9.71. The fourth-order valence-corrected chi connectivity index (χ4v) is 1.45. The van der Waals surface area contributed by atoms with Gasteiger partial charge in [0.25, 0.3) is 0 Å². The van der Waals surface area contributed by atoms with E-state index in [0.29, 0.717) is 6.54 Å². The van der Waals surface area contributed by atoms with Crippen molar-refractivity contribution in [3.8, 4) is 11.8 Å². The number of nitrogens with two attached hydrogens (primary N) is 1. The molecule has 0 saturated heterocycles. The minimum Gasteiger partial charge on any atom is -0.320 e. The third-order valence-corrected chi connectivity index (χ3v) is 2.13. The summed E-state index contributed by atoms with van der Waals surface area (Å²) >= 11 is 0. The molecule has 0 aromatic carbocycles. The number of nitrogens with zero attached hydrogens (tertiary/aromatic N) is 2. The van der Waals surface area contributed by atoms with Gasteiger partial charge in [-0.2, -0.15) is 5.10 Å². The van der Waals surface area contributed by atoms with Crippen LogP contribution in [-0.2, 0) is 6.54 Å². The van der Waals surface area contributed by atoms with Crippen LogP contribution in [0.15, 0.2) is 0 Å². The Balaban J connectivity index is 3.04. The van der Waals surface area contributed by atoms with Gasteiger partial charge in [0.2, 0.25) is 0 Å². The van der Waals surface area contributed by atoms with E-state index in [-0.39, 0.29) is 0 Å². The van der Waals surface area contributed by atoms with Crippen LogP contribution in [0.5, 0.6) is 0 Å². The van der Waals surface area contributed by atoms with Crippen LogP contribution in [0, 0.1) is 25.7 Å². The molecule has 2 N–H and O–H groups in total. The zero-order valence-corrected chi connectivity index (χ0v) is 9.09. The van der Waals surface area contributed by atoms with E-state index in [2.05, 4.69) is 30.8 Å². The molecule has 1 aromatic rings. The fourth-order valence-electron chi connectivity index (χ4n) is 1.45. The summed E-state index contributed by atoms with van der Waals surface area (Å²) in [4.78, 5) is 0. The molecule has 0 spiro atoms. The predicted octanol–water partition coefficient (Wildman–Crippen LogP) is 1.22. The van der Waals surface area contributed by atoms with Gasteiger partial charge in [-0.3, -0.25) is 4.68 Å². The van der Waals surface area contributed by atoms with Gasteiger partial charge in [-0.25, -0.2) is 0 Å². The first-order valence-electron chi connectivity index (χ1n) is 4.93. The lowest BCUT2D eigenvalue weighted by molar-refractivity contribution is 0.583. The first kappa shape index (κ1) is 10.8. The molecule has 0 aliphatic heterocycles. The number of rotatable bonds is 2. The van der Waals surface area contributed by atoms with Crippen LogP contribution in [0.2, 0.25) is 0 Å². The second-order valence-electron chi connectivity index (χ2n) is 3.27. The molecular weight excluding hydrogens is 174 g/mol. The molecule has 76 valence electrons. The Morgan fingerprint density at radius 3 is 2.71 bits per heavy atom. The molecule has 0 atom stereocenters. The van der Waals surface area contributed by atoms with Gasteiger partial charge < -0.3 is 5.73 Å². The molecule has 0 radical (unpaired) electrons. The largest absolute Gasteiger partial charge is 0.320 e. The average molecular weight is 191 g/mol. The lowest BCUT2D eigenvalue weighted by atomic mass is 10.2. The van der Waals surface area contributed by atoms with Crippen molar-refractivity contribution in [1.82, 2.24) is 9.78 Å². The van der Waals surface area contributed by atoms with Crippen molar-refractivity contribution in [2.45, 2.75) is 33.7 Å². The van der Waals surface area contributed by atoms with Crippen LogP contribution in [0.4, 0.5) is 0 Å². The highest BCUT2D eigenvalue weighted by molar-refractivity contribution is 5.41. The van der Waals surface area contributed by atoms with Gasteiger partial charge in [0.1, 0.15) is 0 Å². The maximum absolute atomic E-state index is 5.34. The van der Waals surface area contributed by atoms with E-state index in [1.807, 2.05) is 11.6 Å². The maximum Gasteiger partial charge on any atom is 0.0753 e. The Morgan fingerprint density at radius 2 is 2.14 bits per heavy atom. The standard InChI is InChI=1S/C11H17N3/c1-4-8-14-10(3)11(6-5-7-12)9(2)13-14/h4,7-8,12H2,1-3H3. The van der Waals surface area contributed by atoms with Gasteiger partial charge in [0.15, 0.2) is 0 Å². The summed E-state index contributed by atoms with van der Waals surface area (Å²) in [6, 6.07) is 0. The first-order chi connectivity index (χ1) is 6.70. The maximum atomic E-state index is 5.34. The Kier molecular flexibility index (Phi) is 3.73. The molecule has 0 bridgehead atoms. The Labute approximate surface area is 85.3 Å². The summed E-state index contributed by atoms with van der Waals surface area (Å²) in [5.41, 5.74) is 8.51. The van der Waals surface area contributed by atoms with E-state index < -0.39 is 0 Å². The van der Waals surface area contributed by atoms with Crippen molar-refractivity contribution in [3.05, 3.63) is 17.0 Å². The molecule has 0 saturated carbocycles. The van der Waals surface area contributed by atoms with Crippen LogP contribution in [0.3, 0.4) is 0 Å². The lowest BCUT2D eigenvalue weighted by Crippen LogP contribution is -2.01. The van der Waals surface area contributed by atoms with Crippen molar-refractivity contribution >= 4 is 0 Å². The Bertz CT molecular complexity index is 366. The summed E-state index contributed by atoms with van der Waals surface area (Å²) in [5.74, 6) is 5.93. The van der Waals surface area contributed by atoms with Gasteiger partial charge in [-0.05, 0) is 20.3 Å². The van der Waals surface area contributed by atoms with Crippen molar-refractivity contribution < 1.29 is 0 Å². The molecule has 0 amide bonds. The van der Waals surface area contributed by atoms with Crippen LogP contribution in [0.25, 0.3) is 0 Å². The molecule has 1 rings (SSSR count). The van der Waals surface area contributed by atoms with E-state index in [9.17, 15) is 0 Å². The van der Waals surface area contributed by atoms with E-state index >= 15 is 0 Å². The second-order valence-corrected chi connectivity index (χ2v) is 3.27. The minimum atomic E-state index is 0.401. The van der Waals surface area contributed by atoms with Gasteiger partial charge >= 0.3 is 0 Å². The van der Waals surface area contributed by atoms with Crippen molar-refractivity contribution in [1.29, 1.82) is 0 Å². The monoisotopic (exact) mass is 191 g/mol. The zero-order chi connectivity index (χ0) is 10.6. The highest BCUT2D eigenvalue weighted by atomic mass is 15.3. The van der Waals surface area contributed by atoms with Crippen LogP contribution in [0.1, 0.15) is 30.3 Å². The summed E-state index contributed by atoms with van der Waals surface area (Å²) in [6.45, 7) is 7.53. The molecular formula is C11H17N3. The zero-order valence-electron chi connectivity index (χ0n) is 9.09. The van der Waals surface area contributed by atoms with E-state index in [0.717, 1.165) is 29.9 Å². The van der Waals surface area contributed by atoms with Crippen LogP contribution >= 0.6 is 0 Å². The predicted molar refractivity (Wildman–Crippen MR) is 57.9 cm³/mol. The summed E-state index contributed by atoms with van der Waals surface area (Å²) in [5, 5.41) is 4.43. The Hall–Kier alpha value is -1.27. The molecule has 3 nitrogen and oxygen atoms in total. The highest BCUT2D eigenvalue weighted by Gasteiger charge is 2.07. The van der Waals surface area contributed by atoms with Crippen molar-refractivity contribution in [2.75, 3.05) is 6.54 Å². The molecule has 14 heavy (non-hydrogen) atoms. The van der Waals surface area contributed by atoms with E-state index in [4.69, 9.17) is 5.73 Å². The van der Waals surface area contributed by atoms with Crippen LogP contribution < -0.4 is 5.73 Å². The SMILES string of the molecule is CCCn1nc(C)c(C#CCN)c1C. The quantitative estimate of drug-likeness (QED) is 0.714. The average Bonchev–Trinajstić information content (AvgIpc) is 2.41. The number of hydrogen-bond acceptors (Lipinski definition) is 2. The molecule has 3 heteroatoms. The third-order valence-electron chi connectivity index (χ3n) is 2.13. The molecule has 1 heterocycles. The van der Waals surface area contributed by atoms with Crippen LogP contribution in [-0.4, -0.2) is 16.3 Å². The number of aryl methyl sites for hydroxylation is 2. The topological polar surface area (TPSA) is 43.8 Å². The lowest BCUT2D eigenvalue weighted by Gasteiger charge is -1.99. The fraction of sp³-hybridized carbons (Fsp3) is 0.545. The van der Waals surface area contributed by atoms with Crippen molar-refractivity contribution in [3.63, 3.8) is 0 Å². The number of hydrogen-bond donors (Lipinski definition) is 1. The number of aromatic nitrogens is 2. The summed E-state index contributed by atoms with van der Waals surface area (Å²) < 4.78 is 2.01. The molecule has 0 fully saturated rings. The first-order valence-corrected chi connectivity index (χ1v) is 4.93. The smallest absolute Gasteiger partial charge is 0.0753 e. The second kappa shape index (κ2) is 4.83. The molecule has 1 aromatic heterocycles. The van der Waals surface area contributed by atoms with E-state index in [1.165, 1.54) is 0 Å². The minimum absolute atomic E-state index is 0.401. The molecule has 0 unspecified atom stereocenters. The Morgan fingerprint density at radius 1 is 1.43 bits per heavy atom. The van der Waals surface area contributed by atoms with Gasteiger partial charge in [0, 0.05) is 6.54 Å². The highest BCUT2D eigenvalue weighted by Crippen LogP contribution is 2.11. The third kappa shape index (κ3) is 2.15. The molecule has 0 aliphatic carbocycles. The van der Waals surface area contributed by atoms with Gasteiger partial charge in [-0.1, -0.05) is 18.8 Å². The van der Waals surface area contributed by atoms with Gasteiger partial charge in [-0.15, -0.1) is 0 Å². The summed E-state index contributed by atoms with van der Waals surface area (Å²) in [6.07, 6.45) is 1.09. The van der Waals surface area contributed by atoms with Crippen molar-refractivity contribution in [2.24, 2.45) is 5.73 Å².